The molecule has 3 rings (SSSR count). The van der Waals surface area contributed by atoms with E-state index in [9.17, 15) is 4.39 Å². The summed E-state index contributed by atoms with van der Waals surface area (Å²) < 4.78 is 21.2. The zero-order chi connectivity index (χ0) is 19.2. The zero-order valence-corrected chi connectivity index (χ0v) is 16.1. The maximum atomic E-state index is 14.0. The first kappa shape index (κ1) is 19.1. The highest BCUT2D eigenvalue weighted by atomic mass is 19.1. The van der Waals surface area contributed by atoms with Gasteiger partial charge in [-0.05, 0) is 44.9 Å². The topological polar surface area (TPSA) is 76.4 Å². The van der Waals surface area contributed by atoms with E-state index in [0.29, 0.717) is 13.2 Å². The van der Waals surface area contributed by atoms with Gasteiger partial charge in [-0.1, -0.05) is 6.07 Å². The van der Waals surface area contributed by atoms with Crippen molar-refractivity contribution >= 4 is 5.96 Å². The van der Waals surface area contributed by atoms with Gasteiger partial charge in [0, 0.05) is 19.0 Å². The van der Waals surface area contributed by atoms with Gasteiger partial charge in [0.15, 0.2) is 17.5 Å². The molecule has 1 aromatic carbocycles. The lowest BCUT2D eigenvalue weighted by molar-refractivity contribution is 0.321. The number of guanidine groups is 1. The fourth-order valence-corrected chi connectivity index (χ4v) is 3.15. The van der Waals surface area contributed by atoms with Crippen molar-refractivity contribution in [3.8, 4) is 5.75 Å². The first-order valence-electron chi connectivity index (χ1n) is 9.45. The van der Waals surface area contributed by atoms with E-state index in [2.05, 4.69) is 25.7 Å². The molecule has 0 saturated carbocycles. The van der Waals surface area contributed by atoms with Crippen molar-refractivity contribution in [2.75, 3.05) is 13.2 Å². The number of aromatic nitrogens is 3. The molecule has 2 heterocycles. The minimum Gasteiger partial charge on any atom is -0.491 e. The van der Waals surface area contributed by atoms with Gasteiger partial charge in [0.1, 0.15) is 11.6 Å². The highest BCUT2D eigenvalue weighted by Crippen LogP contribution is 2.19. The maximum absolute atomic E-state index is 14.0. The van der Waals surface area contributed by atoms with E-state index < -0.39 is 0 Å². The fraction of sp³-hybridized carbons (Fsp3) is 0.526. The van der Waals surface area contributed by atoms with Crippen molar-refractivity contribution in [3.63, 3.8) is 0 Å². The van der Waals surface area contributed by atoms with Crippen molar-refractivity contribution in [1.29, 1.82) is 0 Å². The molecule has 0 aliphatic carbocycles. The maximum Gasteiger partial charge on any atom is 0.191 e. The molecule has 2 N–H and O–H groups in total. The van der Waals surface area contributed by atoms with Crippen LogP contribution in [-0.2, 0) is 19.5 Å². The monoisotopic (exact) mass is 374 g/mol. The first-order chi connectivity index (χ1) is 13.1. The van der Waals surface area contributed by atoms with Crippen LogP contribution in [0.5, 0.6) is 5.75 Å². The van der Waals surface area contributed by atoms with E-state index in [1.54, 1.807) is 6.07 Å². The van der Waals surface area contributed by atoms with Crippen LogP contribution in [0, 0.1) is 12.7 Å². The summed E-state index contributed by atoms with van der Waals surface area (Å²) in [6.07, 6.45) is 1.86. The summed E-state index contributed by atoms with van der Waals surface area (Å²) in [5.74, 6) is 2.48. The van der Waals surface area contributed by atoms with Crippen molar-refractivity contribution in [2.24, 2.45) is 4.99 Å². The molecule has 27 heavy (non-hydrogen) atoms. The average Bonchev–Trinajstić information content (AvgIpc) is 3.01. The van der Waals surface area contributed by atoms with Crippen LogP contribution >= 0.6 is 0 Å². The third-order valence-corrected chi connectivity index (χ3v) is 4.36. The van der Waals surface area contributed by atoms with Gasteiger partial charge in [-0.2, -0.15) is 5.10 Å². The Morgan fingerprint density at radius 2 is 2.26 bits per heavy atom. The van der Waals surface area contributed by atoms with Gasteiger partial charge in [0.25, 0.3) is 0 Å². The smallest absolute Gasteiger partial charge is 0.191 e. The summed E-state index contributed by atoms with van der Waals surface area (Å²) in [5.41, 5.74) is 0.797. The largest absolute Gasteiger partial charge is 0.491 e. The second-order valence-electron chi connectivity index (χ2n) is 6.53. The Morgan fingerprint density at radius 1 is 1.41 bits per heavy atom. The number of hydrogen-bond donors (Lipinski definition) is 2. The summed E-state index contributed by atoms with van der Waals surface area (Å²) in [6.45, 7) is 8.11. The molecular weight excluding hydrogens is 347 g/mol. The van der Waals surface area contributed by atoms with Crippen molar-refractivity contribution in [2.45, 2.75) is 52.7 Å². The van der Waals surface area contributed by atoms with Crippen LogP contribution in [0.15, 0.2) is 23.2 Å². The van der Waals surface area contributed by atoms with Gasteiger partial charge in [-0.15, -0.1) is 0 Å². The Hall–Kier alpha value is -2.64. The van der Waals surface area contributed by atoms with E-state index in [1.807, 2.05) is 31.5 Å². The Balaban J connectivity index is 1.64. The highest BCUT2D eigenvalue weighted by Gasteiger charge is 2.21. The molecule has 0 fully saturated rings. The molecule has 7 nitrogen and oxygen atoms in total. The summed E-state index contributed by atoms with van der Waals surface area (Å²) >= 11 is 0. The predicted molar refractivity (Wildman–Crippen MR) is 102 cm³/mol. The minimum atomic E-state index is -0.358. The molecule has 1 atom stereocenters. The molecule has 0 radical (unpaired) electrons. The highest BCUT2D eigenvalue weighted by molar-refractivity contribution is 5.80. The van der Waals surface area contributed by atoms with Gasteiger partial charge in [0.05, 0.1) is 19.7 Å². The lowest BCUT2D eigenvalue weighted by Crippen LogP contribution is -2.47. The van der Waals surface area contributed by atoms with Crippen molar-refractivity contribution < 1.29 is 9.13 Å². The Labute approximate surface area is 159 Å². The number of aryl methyl sites for hydroxylation is 2. The van der Waals surface area contributed by atoms with Gasteiger partial charge >= 0.3 is 0 Å². The molecule has 0 bridgehead atoms. The molecule has 8 heteroatoms. The van der Waals surface area contributed by atoms with Crippen molar-refractivity contribution in [1.82, 2.24) is 25.4 Å². The Bertz CT molecular complexity index is 803. The minimum absolute atomic E-state index is 0.230. The Morgan fingerprint density at radius 3 is 3.00 bits per heavy atom. The van der Waals surface area contributed by atoms with E-state index >= 15 is 0 Å². The zero-order valence-electron chi connectivity index (χ0n) is 16.1. The van der Waals surface area contributed by atoms with E-state index in [4.69, 9.17) is 4.74 Å². The molecule has 0 spiro atoms. The molecular formula is C19H27FN6O. The molecule has 2 aromatic rings. The number of nitrogens with zero attached hydrogens (tertiary/aromatic N) is 4. The number of benzene rings is 1. The third-order valence-electron chi connectivity index (χ3n) is 4.36. The van der Waals surface area contributed by atoms with Crippen molar-refractivity contribution in [3.05, 3.63) is 41.2 Å². The molecule has 0 amide bonds. The number of hydrogen-bond acceptors (Lipinski definition) is 4. The van der Waals surface area contributed by atoms with Crippen LogP contribution in [0.25, 0.3) is 0 Å². The summed E-state index contributed by atoms with van der Waals surface area (Å²) in [5, 5.41) is 11.1. The van der Waals surface area contributed by atoms with Gasteiger partial charge in [0.2, 0.25) is 0 Å². The number of aliphatic imine (C=N–C) groups is 1. The number of fused-ring (bicyclic) bond motifs is 1. The van der Waals surface area contributed by atoms with Gasteiger partial charge in [-0.25, -0.2) is 19.0 Å². The summed E-state index contributed by atoms with van der Waals surface area (Å²) in [6, 6.07) is 5.20. The number of rotatable bonds is 6. The van der Waals surface area contributed by atoms with E-state index in [-0.39, 0.29) is 17.6 Å². The van der Waals surface area contributed by atoms with E-state index in [1.165, 1.54) is 6.07 Å². The molecule has 146 valence electrons. The molecule has 1 aliphatic heterocycles. The SMILES string of the molecule is CCNC(=NCc1ccc(OCC)c(F)c1)NC1CCc2nc(C)nn2C1. The lowest BCUT2D eigenvalue weighted by atomic mass is 10.1. The van der Waals surface area contributed by atoms with E-state index in [0.717, 1.165) is 49.1 Å². The van der Waals surface area contributed by atoms with Crippen LogP contribution in [0.1, 0.15) is 37.5 Å². The van der Waals surface area contributed by atoms with Crippen LogP contribution < -0.4 is 15.4 Å². The molecule has 0 saturated heterocycles. The third kappa shape index (κ3) is 4.96. The summed E-state index contributed by atoms with van der Waals surface area (Å²) in [7, 11) is 0. The quantitative estimate of drug-likeness (QED) is 0.599. The number of halogens is 1. The first-order valence-corrected chi connectivity index (χ1v) is 9.45. The van der Waals surface area contributed by atoms with Crippen LogP contribution in [0.4, 0.5) is 4.39 Å². The molecule has 1 aromatic heterocycles. The normalized spacial score (nSPS) is 16.7. The van der Waals surface area contributed by atoms with Gasteiger partial charge < -0.3 is 15.4 Å². The van der Waals surface area contributed by atoms with Crippen LogP contribution in [0.2, 0.25) is 0 Å². The molecule has 1 unspecified atom stereocenters. The Kier molecular flexibility index (Phi) is 6.26. The average molecular weight is 374 g/mol. The second-order valence-corrected chi connectivity index (χ2v) is 6.53. The standard InChI is InChI=1S/C19H27FN6O/c1-4-21-19(22-11-14-6-8-17(27-5-2)16(20)10-14)24-15-7-9-18-23-13(3)25-26(18)12-15/h6,8,10,15H,4-5,7,9,11-12H2,1-3H3,(H2,21,22,24). The fourth-order valence-electron chi connectivity index (χ4n) is 3.15. The second kappa shape index (κ2) is 8.83. The summed E-state index contributed by atoms with van der Waals surface area (Å²) in [4.78, 5) is 9.04. The number of nitrogens with one attached hydrogen (secondary N) is 2. The lowest BCUT2D eigenvalue weighted by Gasteiger charge is -2.25. The van der Waals surface area contributed by atoms with Crippen LogP contribution in [-0.4, -0.2) is 39.9 Å². The predicted octanol–water partition coefficient (Wildman–Crippen LogP) is 2.19. The molecule has 1 aliphatic rings. The number of ether oxygens (including phenoxy) is 1. The van der Waals surface area contributed by atoms with Crippen LogP contribution in [0.3, 0.4) is 0 Å². The van der Waals surface area contributed by atoms with Gasteiger partial charge in [-0.3, -0.25) is 0 Å².